The SMILES string of the molecule is CCN(C)C(=O)Cn1c(C)c(S(=O)(=O)Cl)c2ccccc21. The van der Waals surface area contributed by atoms with E-state index in [0.717, 1.165) is 0 Å². The first-order chi connectivity index (χ1) is 9.77. The van der Waals surface area contributed by atoms with Crippen molar-refractivity contribution in [2.24, 2.45) is 0 Å². The highest BCUT2D eigenvalue weighted by Gasteiger charge is 2.24. The number of carbonyl (C=O) groups excluding carboxylic acids is 1. The van der Waals surface area contributed by atoms with Gasteiger partial charge in [-0.1, -0.05) is 18.2 Å². The normalized spacial score (nSPS) is 11.8. The predicted molar refractivity (Wildman–Crippen MR) is 83.0 cm³/mol. The van der Waals surface area contributed by atoms with Crippen molar-refractivity contribution in [1.82, 2.24) is 9.47 Å². The summed E-state index contributed by atoms with van der Waals surface area (Å²) in [6, 6.07) is 7.03. The van der Waals surface area contributed by atoms with Gasteiger partial charge in [-0.3, -0.25) is 4.79 Å². The van der Waals surface area contributed by atoms with Gasteiger partial charge in [0.05, 0.1) is 5.52 Å². The lowest BCUT2D eigenvalue weighted by Gasteiger charge is -2.16. The first-order valence-corrected chi connectivity index (χ1v) is 8.84. The summed E-state index contributed by atoms with van der Waals surface area (Å²) in [5.41, 5.74) is 1.16. The zero-order chi connectivity index (χ0) is 15.8. The number of rotatable bonds is 4. The van der Waals surface area contributed by atoms with Gasteiger partial charge < -0.3 is 9.47 Å². The molecule has 0 fully saturated rings. The second-order valence-corrected chi connectivity index (χ2v) is 7.37. The van der Waals surface area contributed by atoms with Crippen molar-refractivity contribution in [3.05, 3.63) is 30.0 Å². The van der Waals surface area contributed by atoms with E-state index in [9.17, 15) is 13.2 Å². The Bertz CT molecular complexity index is 796. The topological polar surface area (TPSA) is 59.4 Å². The lowest BCUT2D eigenvalue weighted by atomic mass is 10.2. The van der Waals surface area contributed by atoms with E-state index in [1.807, 2.05) is 6.92 Å². The molecule has 0 N–H and O–H groups in total. The third-order valence-corrected chi connectivity index (χ3v) is 5.08. The zero-order valence-electron chi connectivity index (χ0n) is 12.1. The van der Waals surface area contributed by atoms with Crippen molar-refractivity contribution in [2.75, 3.05) is 13.6 Å². The van der Waals surface area contributed by atoms with Crippen LogP contribution in [-0.4, -0.2) is 37.4 Å². The molecule has 0 aliphatic rings. The van der Waals surface area contributed by atoms with Crippen LogP contribution in [0.5, 0.6) is 0 Å². The third-order valence-electron chi connectivity index (χ3n) is 3.61. The van der Waals surface area contributed by atoms with Crippen LogP contribution in [0.3, 0.4) is 0 Å². The summed E-state index contributed by atoms with van der Waals surface area (Å²) >= 11 is 0. The molecular formula is C14H17ClN2O3S. The Morgan fingerprint density at radius 2 is 1.95 bits per heavy atom. The summed E-state index contributed by atoms with van der Waals surface area (Å²) < 4.78 is 25.3. The summed E-state index contributed by atoms with van der Waals surface area (Å²) in [6.07, 6.45) is 0. The minimum atomic E-state index is -3.87. The highest BCUT2D eigenvalue weighted by molar-refractivity contribution is 8.14. The van der Waals surface area contributed by atoms with Gasteiger partial charge >= 0.3 is 0 Å². The number of likely N-dealkylation sites (N-methyl/N-ethyl adjacent to an activating group) is 1. The quantitative estimate of drug-likeness (QED) is 0.809. The largest absolute Gasteiger partial charge is 0.344 e. The molecule has 1 aromatic heterocycles. The zero-order valence-corrected chi connectivity index (χ0v) is 13.7. The van der Waals surface area contributed by atoms with E-state index in [-0.39, 0.29) is 17.3 Å². The minimum absolute atomic E-state index is 0.0757. The predicted octanol–water partition coefficient (Wildman–Crippen LogP) is 2.36. The fourth-order valence-corrected chi connectivity index (χ4v) is 3.83. The number of fused-ring (bicyclic) bond motifs is 1. The van der Waals surface area contributed by atoms with Crippen LogP contribution in [0.2, 0.25) is 0 Å². The van der Waals surface area contributed by atoms with Crippen LogP contribution in [0, 0.1) is 6.92 Å². The summed E-state index contributed by atoms with van der Waals surface area (Å²) in [4.78, 5) is 13.8. The van der Waals surface area contributed by atoms with Gasteiger partial charge in [-0.25, -0.2) is 8.42 Å². The number of hydrogen-bond acceptors (Lipinski definition) is 3. The number of benzene rings is 1. The Hall–Kier alpha value is -1.53. The maximum absolute atomic E-state index is 12.1. The third kappa shape index (κ3) is 2.91. The van der Waals surface area contributed by atoms with Gasteiger partial charge in [0, 0.05) is 35.4 Å². The smallest absolute Gasteiger partial charge is 0.263 e. The average molecular weight is 329 g/mol. The molecule has 0 atom stereocenters. The van der Waals surface area contributed by atoms with Crippen LogP contribution in [0.25, 0.3) is 10.9 Å². The Kier molecular flexibility index (Phi) is 4.30. The van der Waals surface area contributed by atoms with Gasteiger partial charge in [0.15, 0.2) is 0 Å². The van der Waals surface area contributed by atoms with Crippen molar-refractivity contribution in [2.45, 2.75) is 25.3 Å². The minimum Gasteiger partial charge on any atom is -0.344 e. The van der Waals surface area contributed by atoms with Crippen LogP contribution in [0.1, 0.15) is 12.6 Å². The Morgan fingerprint density at radius 1 is 1.33 bits per heavy atom. The number of aromatic nitrogens is 1. The maximum atomic E-state index is 12.1. The Labute approximate surface area is 128 Å². The molecule has 1 heterocycles. The van der Waals surface area contributed by atoms with Gasteiger partial charge in [-0.2, -0.15) is 0 Å². The Morgan fingerprint density at radius 3 is 2.52 bits per heavy atom. The fraction of sp³-hybridized carbons (Fsp3) is 0.357. The van der Waals surface area contributed by atoms with E-state index in [1.54, 1.807) is 47.7 Å². The summed E-state index contributed by atoms with van der Waals surface area (Å²) in [5, 5.41) is 0.539. The molecule has 0 radical (unpaired) electrons. The summed E-state index contributed by atoms with van der Waals surface area (Å²) in [7, 11) is 3.38. The van der Waals surface area contributed by atoms with Crippen molar-refractivity contribution in [3.63, 3.8) is 0 Å². The summed E-state index contributed by atoms with van der Waals surface area (Å²) in [5.74, 6) is -0.0835. The monoisotopic (exact) mass is 328 g/mol. The Balaban J connectivity index is 2.65. The van der Waals surface area contributed by atoms with E-state index in [4.69, 9.17) is 10.7 Å². The second-order valence-electron chi connectivity index (χ2n) is 4.86. The molecule has 0 saturated heterocycles. The van der Waals surface area contributed by atoms with Gasteiger partial charge in [-0.15, -0.1) is 0 Å². The number of halogens is 1. The van der Waals surface area contributed by atoms with E-state index >= 15 is 0 Å². The van der Waals surface area contributed by atoms with E-state index < -0.39 is 9.05 Å². The molecule has 114 valence electrons. The van der Waals surface area contributed by atoms with Crippen LogP contribution in [0.4, 0.5) is 0 Å². The van der Waals surface area contributed by atoms with Crippen LogP contribution < -0.4 is 0 Å². The van der Waals surface area contributed by atoms with Crippen molar-refractivity contribution >= 4 is 36.5 Å². The molecule has 2 aromatic rings. The molecule has 0 aliphatic heterocycles. The van der Waals surface area contributed by atoms with Crippen LogP contribution >= 0.6 is 10.7 Å². The number of amides is 1. The molecule has 0 aliphatic carbocycles. The highest BCUT2D eigenvalue weighted by atomic mass is 35.7. The van der Waals surface area contributed by atoms with Crippen molar-refractivity contribution in [1.29, 1.82) is 0 Å². The van der Waals surface area contributed by atoms with Gasteiger partial charge in [0.1, 0.15) is 11.4 Å². The first kappa shape index (κ1) is 15.9. The van der Waals surface area contributed by atoms with Crippen LogP contribution in [0.15, 0.2) is 29.2 Å². The van der Waals surface area contributed by atoms with Crippen molar-refractivity contribution in [3.8, 4) is 0 Å². The molecule has 0 spiro atoms. The fourth-order valence-electron chi connectivity index (χ4n) is 2.34. The van der Waals surface area contributed by atoms with Gasteiger partial charge in [0.2, 0.25) is 5.91 Å². The molecule has 21 heavy (non-hydrogen) atoms. The first-order valence-electron chi connectivity index (χ1n) is 6.53. The molecule has 0 unspecified atom stereocenters. The number of nitrogens with zero attached hydrogens (tertiary/aromatic N) is 2. The second kappa shape index (κ2) is 5.69. The maximum Gasteiger partial charge on any atom is 0.263 e. The van der Waals surface area contributed by atoms with Gasteiger partial charge in [0.25, 0.3) is 9.05 Å². The summed E-state index contributed by atoms with van der Waals surface area (Å²) in [6.45, 7) is 4.22. The lowest BCUT2D eigenvalue weighted by molar-refractivity contribution is -0.130. The molecule has 5 nitrogen and oxygen atoms in total. The van der Waals surface area contributed by atoms with Crippen molar-refractivity contribution < 1.29 is 13.2 Å². The number of hydrogen-bond donors (Lipinski definition) is 0. The average Bonchev–Trinajstić information content (AvgIpc) is 2.70. The molecule has 1 amide bonds. The molecule has 7 heteroatoms. The lowest BCUT2D eigenvalue weighted by Crippen LogP contribution is -2.30. The standard InChI is InChI=1S/C14H17ClN2O3S/c1-4-16(3)13(18)9-17-10(2)14(21(15,19)20)11-7-5-6-8-12(11)17/h5-8H,4,9H2,1-3H3. The molecular weight excluding hydrogens is 312 g/mol. The van der Waals surface area contributed by atoms with Gasteiger partial charge in [-0.05, 0) is 19.9 Å². The molecule has 0 bridgehead atoms. The van der Waals surface area contributed by atoms with E-state index in [1.165, 1.54) is 0 Å². The molecule has 1 aromatic carbocycles. The molecule has 2 rings (SSSR count). The number of para-hydroxylation sites is 1. The van der Waals surface area contributed by atoms with Crippen LogP contribution in [-0.2, 0) is 20.4 Å². The van der Waals surface area contributed by atoms with E-state index in [2.05, 4.69) is 0 Å². The highest BCUT2D eigenvalue weighted by Crippen LogP contribution is 2.31. The number of carbonyl (C=O) groups is 1. The molecule has 0 saturated carbocycles. The van der Waals surface area contributed by atoms with E-state index in [0.29, 0.717) is 23.1 Å².